The molecule has 0 saturated carbocycles. The van der Waals surface area contributed by atoms with Gasteiger partial charge in [0.05, 0.1) is 12.2 Å². The maximum absolute atomic E-state index is 12.3. The lowest BCUT2D eigenvalue weighted by Crippen LogP contribution is -2.22. The van der Waals surface area contributed by atoms with Crippen LogP contribution >= 0.6 is 0 Å². The monoisotopic (exact) mass is 340 g/mol. The average molecular weight is 340 g/mol. The van der Waals surface area contributed by atoms with Gasteiger partial charge in [-0.2, -0.15) is 5.10 Å². The van der Waals surface area contributed by atoms with Gasteiger partial charge in [-0.3, -0.25) is 4.79 Å². The standard InChI is InChI=1S/C23H20N2O/c1-2-17-10-12-19(13-11-17)22-14-15-23(26)25(24-22)16-20-8-5-7-18-6-3-4-9-21(18)20/h3-15H,2,16H2,1H3. The first-order chi connectivity index (χ1) is 12.7. The minimum atomic E-state index is -0.0909. The molecule has 3 aromatic carbocycles. The summed E-state index contributed by atoms with van der Waals surface area (Å²) in [6.45, 7) is 2.60. The first kappa shape index (κ1) is 16.3. The lowest BCUT2D eigenvalue weighted by molar-refractivity contribution is 0.645. The first-order valence-corrected chi connectivity index (χ1v) is 8.89. The third-order valence-corrected chi connectivity index (χ3v) is 4.72. The Labute approximate surface area is 152 Å². The highest BCUT2D eigenvalue weighted by molar-refractivity contribution is 5.85. The largest absolute Gasteiger partial charge is 0.268 e. The number of hydrogen-bond donors (Lipinski definition) is 0. The van der Waals surface area contributed by atoms with Gasteiger partial charge in [-0.1, -0.05) is 73.7 Å². The smallest absolute Gasteiger partial charge is 0.267 e. The third-order valence-electron chi connectivity index (χ3n) is 4.72. The van der Waals surface area contributed by atoms with Crippen molar-refractivity contribution in [1.29, 1.82) is 0 Å². The van der Waals surface area contributed by atoms with Crippen LogP contribution in [0.1, 0.15) is 18.1 Å². The van der Waals surface area contributed by atoms with E-state index >= 15 is 0 Å². The molecule has 3 heteroatoms. The predicted octanol–water partition coefficient (Wildman–Crippen LogP) is 4.67. The molecule has 4 rings (SSSR count). The summed E-state index contributed by atoms with van der Waals surface area (Å²) < 4.78 is 1.55. The quantitative estimate of drug-likeness (QED) is 0.541. The first-order valence-electron chi connectivity index (χ1n) is 8.89. The average Bonchev–Trinajstić information content (AvgIpc) is 2.70. The summed E-state index contributed by atoms with van der Waals surface area (Å²) in [5.74, 6) is 0. The van der Waals surface area contributed by atoms with E-state index in [1.54, 1.807) is 16.8 Å². The highest BCUT2D eigenvalue weighted by atomic mass is 16.1. The third kappa shape index (κ3) is 3.16. The van der Waals surface area contributed by atoms with E-state index in [1.165, 1.54) is 10.9 Å². The molecule has 26 heavy (non-hydrogen) atoms. The Balaban J connectivity index is 1.73. The van der Waals surface area contributed by atoms with Crippen molar-refractivity contribution >= 4 is 10.8 Å². The van der Waals surface area contributed by atoms with Gasteiger partial charge in [-0.15, -0.1) is 0 Å². The van der Waals surface area contributed by atoms with Gasteiger partial charge in [0, 0.05) is 11.6 Å². The summed E-state index contributed by atoms with van der Waals surface area (Å²) in [7, 11) is 0. The molecule has 0 radical (unpaired) electrons. The van der Waals surface area contributed by atoms with Crippen molar-refractivity contribution in [3.63, 3.8) is 0 Å². The molecule has 0 aliphatic heterocycles. The van der Waals surface area contributed by atoms with Gasteiger partial charge in [0.1, 0.15) is 0 Å². The molecule has 0 bridgehead atoms. The van der Waals surface area contributed by atoms with Crippen LogP contribution in [-0.2, 0) is 13.0 Å². The van der Waals surface area contributed by atoms with E-state index in [-0.39, 0.29) is 5.56 Å². The molecule has 0 saturated heterocycles. The van der Waals surface area contributed by atoms with Crippen LogP contribution in [0.25, 0.3) is 22.0 Å². The SMILES string of the molecule is CCc1ccc(-c2ccc(=O)n(Cc3cccc4ccccc34)n2)cc1. The molecule has 3 nitrogen and oxygen atoms in total. The van der Waals surface area contributed by atoms with Crippen LogP contribution < -0.4 is 5.56 Å². The predicted molar refractivity (Wildman–Crippen MR) is 106 cm³/mol. The van der Waals surface area contributed by atoms with Gasteiger partial charge in [0.15, 0.2) is 0 Å². The van der Waals surface area contributed by atoms with E-state index in [4.69, 9.17) is 0 Å². The summed E-state index contributed by atoms with van der Waals surface area (Å²) >= 11 is 0. The van der Waals surface area contributed by atoms with Crippen molar-refractivity contribution in [2.75, 3.05) is 0 Å². The molecule has 128 valence electrons. The van der Waals surface area contributed by atoms with E-state index in [2.05, 4.69) is 60.6 Å². The molecule has 1 aromatic heterocycles. The number of rotatable bonds is 4. The Morgan fingerprint density at radius 3 is 2.42 bits per heavy atom. The van der Waals surface area contributed by atoms with Gasteiger partial charge < -0.3 is 0 Å². The fraction of sp³-hybridized carbons (Fsp3) is 0.130. The summed E-state index contributed by atoms with van der Waals surface area (Å²) in [6.07, 6.45) is 1.01. The maximum atomic E-state index is 12.3. The Kier molecular flexibility index (Phi) is 4.36. The summed E-state index contributed by atoms with van der Waals surface area (Å²) in [6, 6.07) is 26.1. The highest BCUT2D eigenvalue weighted by Crippen LogP contribution is 2.20. The van der Waals surface area contributed by atoms with E-state index in [1.807, 2.05) is 18.2 Å². The molecule has 0 amide bonds. The Morgan fingerprint density at radius 1 is 0.846 bits per heavy atom. The van der Waals surface area contributed by atoms with Crippen LogP contribution in [0, 0.1) is 0 Å². The molecule has 0 N–H and O–H groups in total. The normalized spacial score (nSPS) is 11.0. The maximum Gasteiger partial charge on any atom is 0.267 e. The topological polar surface area (TPSA) is 34.9 Å². The summed E-state index contributed by atoms with van der Waals surface area (Å²) in [5, 5.41) is 6.93. The molecule has 0 unspecified atom stereocenters. The Hall–Kier alpha value is -3.20. The zero-order chi connectivity index (χ0) is 17.9. The Morgan fingerprint density at radius 2 is 1.62 bits per heavy atom. The van der Waals surface area contributed by atoms with E-state index < -0.39 is 0 Å². The fourth-order valence-corrected chi connectivity index (χ4v) is 3.22. The molecular weight excluding hydrogens is 320 g/mol. The van der Waals surface area contributed by atoms with Crippen molar-refractivity contribution in [3.05, 3.63) is 100 Å². The van der Waals surface area contributed by atoms with Gasteiger partial charge in [-0.05, 0) is 34.4 Å². The molecule has 0 fully saturated rings. The van der Waals surface area contributed by atoms with Crippen molar-refractivity contribution in [1.82, 2.24) is 9.78 Å². The van der Waals surface area contributed by atoms with E-state index in [0.717, 1.165) is 28.6 Å². The number of hydrogen-bond acceptors (Lipinski definition) is 2. The number of nitrogens with zero attached hydrogens (tertiary/aromatic N) is 2. The van der Waals surface area contributed by atoms with Crippen LogP contribution in [0.4, 0.5) is 0 Å². The van der Waals surface area contributed by atoms with E-state index in [9.17, 15) is 4.79 Å². The van der Waals surface area contributed by atoms with Crippen LogP contribution in [0.2, 0.25) is 0 Å². The molecular formula is C23H20N2O. The van der Waals surface area contributed by atoms with Crippen molar-refractivity contribution in [2.45, 2.75) is 19.9 Å². The van der Waals surface area contributed by atoms with Gasteiger partial charge >= 0.3 is 0 Å². The lowest BCUT2D eigenvalue weighted by atomic mass is 10.0. The second kappa shape index (κ2) is 6.96. The zero-order valence-corrected chi connectivity index (χ0v) is 14.7. The minimum Gasteiger partial charge on any atom is -0.268 e. The molecule has 0 spiro atoms. The van der Waals surface area contributed by atoms with Crippen LogP contribution in [0.5, 0.6) is 0 Å². The molecule has 4 aromatic rings. The molecule has 0 aliphatic rings. The minimum absolute atomic E-state index is 0.0909. The second-order valence-electron chi connectivity index (χ2n) is 6.40. The number of aryl methyl sites for hydroxylation is 1. The zero-order valence-electron chi connectivity index (χ0n) is 14.7. The fourth-order valence-electron chi connectivity index (χ4n) is 3.22. The summed E-state index contributed by atoms with van der Waals surface area (Å²) in [5.41, 5.74) is 4.13. The summed E-state index contributed by atoms with van der Waals surface area (Å²) in [4.78, 5) is 12.3. The van der Waals surface area contributed by atoms with Crippen molar-refractivity contribution in [3.8, 4) is 11.3 Å². The van der Waals surface area contributed by atoms with Crippen LogP contribution in [-0.4, -0.2) is 9.78 Å². The molecule has 1 heterocycles. The van der Waals surface area contributed by atoms with Gasteiger partial charge in [0.2, 0.25) is 0 Å². The number of aromatic nitrogens is 2. The number of fused-ring (bicyclic) bond motifs is 1. The van der Waals surface area contributed by atoms with Crippen LogP contribution in [0.15, 0.2) is 83.7 Å². The molecule has 0 aliphatic carbocycles. The van der Waals surface area contributed by atoms with Crippen LogP contribution in [0.3, 0.4) is 0 Å². The van der Waals surface area contributed by atoms with E-state index in [0.29, 0.717) is 6.54 Å². The lowest BCUT2D eigenvalue weighted by Gasteiger charge is -2.10. The highest BCUT2D eigenvalue weighted by Gasteiger charge is 2.07. The van der Waals surface area contributed by atoms with Gasteiger partial charge in [-0.25, -0.2) is 4.68 Å². The van der Waals surface area contributed by atoms with Gasteiger partial charge in [0.25, 0.3) is 5.56 Å². The van der Waals surface area contributed by atoms with Crippen molar-refractivity contribution < 1.29 is 0 Å². The number of benzene rings is 3. The second-order valence-corrected chi connectivity index (χ2v) is 6.40. The Bertz CT molecular complexity index is 1110. The van der Waals surface area contributed by atoms with Crippen molar-refractivity contribution in [2.24, 2.45) is 0 Å². The molecule has 0 atom stereocenters.